The minimum Gasteiger partial charge on any atom is -0.491 e. The maximum atomic E-state index is 5.68. The van der Waals surface area contributed by atoms with Gasteiger partial charge in [-0.1, -0.05) is 23.9 Å². The number of hydrogen-bond donors (Lipinski definition) is 1. The van der Waals surface area contributed by atoms with Crippen LogP contribution >= 0.6 is 11.8 Å². The van der Waals surface area contributed by atoms with Gasteiger partial charge in [-0.05, 0) is 38.6 Å². The fourth-order valence-electron chi connectivity index (χ4n) is 2.05. The lowest BCUT2D eigenvalue weighted by atomic mass is 10.1. The average Bonchev–Trinajstić information content (AvgIpc) is 2.86. The molecule has 1 aromatic carbocycles. The molecular formula is C16H23N3OS. The van der Waals surface area contributed by atoms with Crippen molar-refractivity contribution in [2.24, 2.45) is 7.05 Å². The Bertz CT molecular complexity index is 551. The maximum absolute atomic E-state index is 5.68. The van der Waals surface area contributed by atoms with Crippen LogP contribution in [0.25, 0.3) is 0 Å². The lowest BCUT2D eigenvalue weighted by Gasteiger charge is -2.17. The fourth-order valence-corrected chi connectivity index (χ4v) is 3.12. The predicted molar refractivity (Wildman–Crippen MR) is 87.9 cm³/mol. The summed E-state index contributed by atoms with van der Waals surface area (Å²) < 4.78 is 7.72. The number of imidazole rings is 1. The van der Waals surface area contributed by atoms with Crippen LogP contribution in [0.2, 0.25) is 0 Å². The van der Waals surface area contributed by atoms with Crippen molar-refractivity contribution in [3.63, 3.8) is 0 Å². The van der Waals surface area contributed by atoms with Crippen molar-refractivity contribution in [2.45, 2.75) is 31.1 Å². The van der Waals surface area contributed by atoms with Crippen LogP contribution in [0.15, 0.2) is 41.8 Å². The van der Waals surface area contributed by atoms with E-state index < -0.39 is 0 Å². The summed E-state index contributed by atoms with van der Waals surface area (Å²) in [6.07, 6.45) is 4.00. The molecule has 1 aromatic heterocycles. The number of aryl methyl sites for hydroxylation is 1. The van der Waals surface area contributed by atoms with Gasteiger partial charge in [-0.2, -0.15) is 0 Å². The predicted octanol–water partition coefficient (Wildman–Crippen LogP) is 3.26. The Balaban J connectivity index is 1.98. The van der Waals surface area contributed by atoms with Crippen LogP contribution in [0, 0.1) is 0 Å². The number of nitrogens with zero attached hydrogens (tertiary/aromatic N) is 2. The molecule has 1 atom stereocenters. The Morgan fingerprint density at radius 2 is 2.00 bits per heavy atom. The molecule has 0 spiro atoms. The van der Waals surface area contributed by atoms with Crippen molar-refractivity contribution < 1.29 is 4.74 Å². The van der Waals surface area contributed by atoms with E-state index in [9.17, 15) is 0 Å². The molecule has 0 bridgehead atoms. The summed E-state index contributed by atoms with van der Waals surface area (Å²) in [6, 6.07) is 8.60. The molecule has 0 radical (unpaired) electrons. The summed E-state index contributed by atoms with van der Waals surface area (Å²) >= 11 is 1.75. The molecule has 5 heteroatoms. The van der Waals surface area contributed by atoms with Gasteiger partial charge in [0.1, 0.15) is 5.75 Å². The second-order valence-corrected chi connectivity index (χ2v) is 6.20. The van der Waals surface area contributed by atoms with Crippen molar-refractivity contribution in [1.29, 1.82) is 0 Å². The molecule has 0 saturated carbocycles. The SMILES string of the molecule is CNC(CSc1nccn1C)c1ccc(OC(C)C)cc1. The van der Waals surface area contributed by atoms with Crippen LogP contribution in [0.1, 0.15) is 25.5 Å². The fraction of sp³-hybridized carbons (Fsp3) is 0.438. The maximum Gasteiger partial charge on any atom is 0.167 e. The topological polar surface area (TPSA) is 39.1 Å². The summed E-state index contributed by atoms with van der Waals surface area (Å²) in [4.78, 5) is 4.34. The first-order valence-corrected chi connectivity index (χ1v) is 8.12. The standard InChI is InChI=1S/C16H23N3OS/c1-12(2)20-14-7-5-13(6-8-14)15(17-3)11-21-16-18-9-10-19(16)4/h5-10,12,15,17H,11H2,1-4H3. The average molecular weight is 305 g/mol. The van der Waals surface area contributed by atoms with E-state index in [1.165, 1.54) is 5.56 Å². The summed E-state index contributed by atoms with van der Waals surface area (Å²) in [5, 5.41) is 4.40. The zero-order valence-corrected chi connectivity index (χ0v) is 13.9. The van der Waals surface area contributed by atoms with Gasteiger partial charge in [-0.25, -0.2) is 4.98 Å². The van der Waals surface area contributed by atoms with Gasteiger partial charge < -0.3 is 14.6 Å². The lowest BCUT2D eigenvalue weighted by molar-refractivity contribution is 0.242. The first-order chi connectivity index (χ1) is 10.1. The van der Waals surface area contributed by atoms with E-state index in [0.29, 0.717) is 6.04 Å². The minimum absolute atomic E-state index is 0.204. The van der Waals surface area contributed by atoms with Crippen LogP contribution in [-0.2, 0) is 7.05 Å². The van der Waals surface area contributed by atoms with E-state index in [4.69, 9.17) is 4.74 Å². The minimum atomic E-state index is 0.204. The van der Waals surface area contributed by atoms with Crippen molar-refractivity contribution in [3.05, 3.63) is 42.2 Å². The Hall–Kier alpha value is -1.46. The van der Waals surface area contributed by atoms with E-state index >= 15 is 0 Å². The highest BCUT2D eigenvalue weighted by Crippen LogP contribution is 2.24. The molecule has 2 rings (SSSR count). The number of nitrogens with one attached hydrogen (secondary N) is 1. The molecule has 0 aliphatic carbocycles. The van der Waals surface area contributed by atoms with Crippen LogP contribution in [0.4, 0.5) is 0 Å². The number of aromatic nitrogens is 2. The van der Waals surface area contributed by atoms with Gasteiger partial charge in [0.05, 0.1) is 6.10 Å². The monoisotopic (exact) mass is 305 g/mol. The van der Waals surface area contributed by atoms with Crippen LogP contribution in [0.3, 0.4) is 0 Å². The third-order valence-corrected chi connectivity index (χ3v) is 4.31. The highest BCUT2D eigenvalue weighted by Gasteiger charge is 2.11. The molecule has 114 valence electrons. The number of hydrogen-bond acceptors (Lipinski definition) is 4. The Kier molecular flexibility index (Phi) is 5.70. The summed E-state index contributed by atoms with van der Waals surface area (Å²) in [6.45, 7) is 4.07. The summed E-state index contributed by atoms with van der Waals surface area (Å²) in [5.41, 5.74) is 1.26. The highest BCUT2D eigenvalue weighted by atomic mass is 32.2. The van der Waals surface area contributed by atoms with Gasteiger partial charge in [-0.15, -0.1) is 0 Å². The number of benzene rings is 1. The molecule has 0 saturated heterocycles. The van der Waals surface area contributed by atoms with Gasteiger partial charge in [0.15, 0.2) is 5.16 Å². The van der Waals surface area contributed by atoms with E-state index in [0.717, 1.165) is 16.7 Å². The van der Waals surface area contributed by atoms with E-state index in [-0.39, 0.29) is 6.10 Å². The van der Waals surface area contributed by atoms with Crippen LogP contribution in [0.5, 0.6) is 5.75 Å². The third-order valence-electron chi connectivity index (χ3n) is 3.16. The Labute approximate surface area is 130 Å². The van der Waals surface area contributed by atoms with Crippen molar-refractivity contribution in [3.8, 4) is 5.75 Å². The lowest BCUT2D eigenvalue weighted by Crippen LogP contribution is -2.19. The number of thioether (sulfide) groups is 1. The molecule has 4 nitrogen and oxygen atoms in total. The Morgan fingerprint density at radius 1 is 1.29 bits per heavy atom. The number of rotatable bonds is 7. The Morgan fingerprint density at radius 3 is 2.52 bits per heavy atom. The summed E-state index contributed by atoms with van der Waals surface area (Å²) in [5.74, 6) is 1.85. The second-order valence-electron chi connectivity index (χ2n) is 5.21. The highest BCUT2D eigenvalue weighted by molar-refractivity contribution is 7.99. The first-order valence-electron chi connectivity index (χ1n) is 7.14. The van der Waals surface area contributed by atoms with Crippen LogP contribution in [-0.4, -0.2) is 28.5 Å². The summed E-state index contributed by atoms with van der Waals surface area (Å²) in [7, 11) is 4.00. The first kappa shape index (κ1) is 15.9. The number of ether oxygens (including phenoxy) is 1. The van der Waals surface area contributed by atoms with Gasteiger partial charge >= 0.3 is 0 Å². The zero-order valence-electron chi connectivity index (χ0n) is 13.0. The van der Waals surface area contributed by atoms with E-state index in [1.54, 1.807) is 11.8 Å². The third kappa shape index (κ3) is 4.51. The molecular weight excluding hydrogens is 282 g/mol. The largest absolute Gasteiger partial charge is 0.491 e. The molecule has 2 aromatic rings. The molecule has 0 amide bonds. The van der Waals surface area contributed by atoms with Crippen molar-refractivity contribution in [1.82, 2.24) is 14.9 Å². The van der Waals surface area contributed by atoms with Gasteiger partial charge in [-0.3, -0.25) is 0 Å². The molecule has 1 N–H and O–H groups in total. The van der Waals surface area contributed by atoms with Gasteiger partial charge in [0.2, 0.25) is 0 Å². The van der Waals surface area contributed by atoms with E-state index in [2.05, 4.69) is 22.4 Å². The van der Waals surface area contributed by atoms with Crippen molar-refractivity contribution >= 4 is 11.8 Å². The second kappa shape index (κ2) is 7.52. The quantitative estimate of drug-likeness (QED) is 0.797. The molecule has 1 heterocycles. The van der Waals surface area contributed by atoms with E-state index in [1.807, 2.05) is 57.0 Å². The molecule has 0 aliphatic rings. The van der Waals surface area contributed by atoms with Crippen LogP contribution < -0.4 is 10.1 Å². The smallest absolute Gasteiger partial charge is 0.167 e. The molecule has 21 heavy (non-hydrogen) atoms. The molecule has 0 aliphatic heterocycles. The zero-order chi connectivity index (χ0) is 15.2. The van der Waals surface area contributed by atoms with Crippen molar-refractivity contribution in [2.75, 3.05) is 12.8 Å². The normalized spacial score (nSPS) is 12.6. The molecule has 0 fully saturated rings. The van der Waals surface area contributed by atoms with Gasteiger partial charge in [0.25, 0.3) is 0 Å². The molecule has 1 unspecified atom stereocenters. The van der Waals surface area contributed by atoms with Gasteiger partial charge in [0, 0.05) is 31.2 Å².